The number of carbonyl (C=O) groups excluding carboxylic acids is 4. The smallest absolute Gasteiger partial charge is 0.270 e. The highest BCUT2D eigenvalue weighted by atomic mass is 16.5. The fraction of sp³-hybridized carbons (Fsp3) is 0.571. The number of rotatable bonds is 8. The number of carbonyl (C=O) groups is 4. The van der Waals surface area contributed by atoms with Gasteiger partial charge in [-0.25, -0.2) is 0 Å². The molecule has 1 unspecified atom stereocenters. The first-order valence-corrected chi connectivity index (χ1v) is 13.7. The van der Waals surface area contributed by atoms with Gasteiger partial charge in [0.2, 0.25) is 17.7 Å². The quantitative estimate of drug-likeness (QED) is 0.418. The Labute approximate surface area is 222 Å². The monoisotopic (exact) mass is 523 g/mol. The Kier molecular flexibility index (Phi) is 7.58. The van der Waals surface area contributed by atoms with E-state index in [2.05, 4.69) is 15.6 Å². The highest BCUT2D eigenvalue weighted by molar-refractivity contribution is 6.02. The molecule has 0 bridgehead atoms. The predicted octanol–water partition coefficient (Wildman–Crippen LogP) is 2.08. The summed E-state index contributed by atoms with van der Waals surface area (Å²) < 4.78 is 5.45. The molecular weight excluding hydrogens is 486 g/mol. The van der Waals surface area contributed by atoms with Gasteiger partial charge in [0.25, 0.3) is 5.91 Å². The molecule has 4 amide bonds. The summed E-state index contributed by atoms with van der Waals surface area (Å²) in [5.74, 6) is -0.495. The first kappa shape index (κ1) is 26.1. The minimum absolute atomic E-state index is 0.130. The van der Waals surface area contributed by atoms with Crippen LogP contribution in [0.2, 0.25) is 0 Å². The second-order valence-electron chi connectivity index (χ2n) is 10.9. The molecule has 4 atom stereocenters. The van der Waals surface area contributed by atoms with E-state index in [1.807, 2.05) is 18.2 Å². The molecule has 3 aliphatic rings. The fourth-order valence-corrected chi connectivity index (χ4v) is 6.53. The van der Waals surface area contributed by atoms with E-state index in [1.165, 1.54) is 19.3 Å². The van der Waals surface area contributed by atoms with Gasteiger partial charge in [0.1, 0.15) is 23.5 Å². The molecule has 2 saturated heterocycles. The second-order valence-corrected chi connectivity index (χ2v) is 10.9. The van der Waals surface area contributed by atoms with Crippen molar-refractivity contribution in [3.05, 3.63) is 30.0 Å². The van der Waals surface area contributed by atoms with Crippen molar-refractivity contribution in [1.82, 2.24) is 20.5 Å². The number of nitrogens with one attached hydrogen (secondary N) is 3. The Morgan fingerprint density at radius 1 is 1.16 bits per heavy atom. The number of aromatic amines is 1. The van der Waals surface area contributed by atoms with Gasteiger partial charge in [-0.3, -0.25) is 19.2 Å². The van der Waals surface area contributed by atoms with E-state index < -0.39 is 23.9 Å². The van der Waals surface area contributed by atoms with Crippen LogP contribution >= 0.6 is 0 Å². The zero-order chi connectivity index (χ0) is 26.8. The van der Waals surface area contributed by atoms with E-state index in [9.17, 15) is 19.2 Å². The number of nitrogens with two attached hydrogens (primary N) is 1. The van der Waals surface area contributed by atoms with Gasteiger partial charge >= 0.3 is 0 Å². The Morgan fingerprint density at radius 2 is 1.95 bits per heavy atom. The Hall–Kier alpha value is -3.56. The largest absolute Gasteiger partial charge is 0.496 e. The second kappa shape index (κ2) is 11.0. The molecular formula is C28H37N5O5. The molecule has 3 heterocycles. The summed E-state index contributed by atoms with van der Waals surface area (Å²) in [4.78, 5) is 56.6. The van der Waals surface area contributed by atoms with Gasteiger partial charge < -0.3 is 31.0 Å². The number of hydrogen-bond acceptors (Lipinski definition) is 5. The fourth-order valence-electron chi connectivity index (χ4n) is 6.53. The lowest BCUT2D eigenvalue weighted by atomic mass is 9.79. The van der Waals surface area contributed by atoms with Crippen molar-refractivity contribution in [2.75, 3.05) is 20.2 Å². The summed E-state index contributed by atoms with van der Waals surface area (Å²) in [6, 6.07) is 5.64. The average Bonchev–Trinajstić information content (AvgIpc) is 3.66. The van der Waals surface area contributed by atoms with Crippen LogP contribution in [0.3, 0.4) is 0 Å². The van der Waals surface area contributed by atoms with Crippen molar-refractivity contribution in [1.29, 1.82) is 0 Å². The molecule has 0 radical (unpaired) electrons. The summed E-state index contributed by atoms with van der Waals surface area (Å²) >= 11 is 0. The van der Waals surface area contributed by atoms with Gasteiger partial charge in [-0.1, -0.05) is 38.2 Å². The summed E-state index contributed by atoms with van der Waals surface area (Å²) in [6.45, 7) is 1.03. The van der Waals surface area contributed by atoms with Crippen LogP contribution in [0, 0.1) is 17.8 Å². The first-order chi connectivity index (χ1) is 18.4. The molecule has 10 heteroatoms. The third kappa shape index (κ3) is 5.21. The van der Waals surface area contributed by atoms with Gasteiger partial charge in [-0.15, -0.1) is 0 Å². The van der Waals surface area contributed by atoms with E-state index in [1.54, 1.807) is 18.1 Å². The van der Waals surface area contributed by atoms with Crippen molar-refractivity contribution >= 4 is 34.5 Å². The van der Waals surface area contributed by atoms with Crippen molar-refractivity contribution in [3.63, 3.8) is 0 Å². The molecule has 1 saturated carbocycles. The molecule has 204 valence electrons. The van der Waals surface area contributed by atoms with Crippen LogP contribution in [-0.2, 0) is 14.4 Å². The highest BCUT2D eigenvalue weighted by Crippen LogP contribution is 2.38. The van der Waals surface area contributed by atoms with Crippen molar-refractivity contribution in [2.45, 2.75) is 63.5 Å². The van der Waals surface area contributed by atoms with E-state index in [4.69, 9.17) is 10.5 Å². The number of H-pyrrole nitrogens is 1. The van der Waals surface area contributed by atoms with Crippen molar-refractivity contribution in [2.24, 2.45) is 23.5 Å². The van der Waals surface area contributed by atoms with Crippen LogP contribution in [0.25, 0.3) is 10.9 Å². The first-order valence-electron chi connectivity index (χ1n) is 13.7. The number of aromatic nitrogens is 1. The third-order valence-corrected chi connectivity index (χ3v) is 8.63. The number of primary amides is 1. The molecule has 1 aromatic heterocycles. The molecule has 0 spiro atoms. The van der Waals surface area contributed by atoms with Crippen molar-refractivity contribution < 1.29 is 23.9 Å². The molecule has 1 aromatic carbocycles. The lowest BCUT2D eigenvalue weighted by molar-refractivity contribution is -0.131. The Bertz CT molecular complexity index is 1220. The van der Waals surface area contributed by atoms with E-state index in [0.29, 0.717) is 43.3 Å². The van der Waals surface area contributed by atoms with Crippen LogP contribution in [0.4, 0.5) is 0 Å². The van der Waals surface area contributed by atoms with E-state index in [-0.39, 0.29) is 30.1 Å². The number of hydrogen-bond donors (Lipinski definition) is 4. The Morgan fingerprint density at radius 3 is 2.63 bits per heavy atom. The maximum atomic E-state index is 13.8. The molecule has 1 aliphatic carbocycles. The normalized spacial score (nSPS) is 24.8. The van der Waals surface area contributed by atoms with Crippen LogP contribution in [-0.4, -0.2) is 65.8 Å². The lowest BCUT2D eigenvalue weighted by Gasteiger charge is -2.27. The van der Waals surface area contributed by atoms with E-state index >= 15 is 0 Å². The van der Waals surface area contributed by atoms with Gasteiger partial charge in [0.05, 0.1) is 7.11 Å². The standard InChI is InChI=1S/C28H37N5O5/c1-38-24-9-5-8-20-19(24)14-22(31-20)28(37)33-15-18(16-6-3-2-4-7-16)13-23(33)27(36)32-21(25(29)34)12-17-10-11-30-26(17)35/h5,8-9,14,16-18,21,23,31H,2-4,6-7,10-13,15H2,1H3,(H2,29,34)(H,30,35)(H,32,36)/t17-,18+,21?,23-/m0/s1. The summed E-state index contributed by atoms with van der Waals surface area (Å²) in [7, 11) is 1.59. The summed E-state index contributed by atoms with van der Waals surface area (Å²) in [5.41, 5.74) is 6.79. The Balaban J connectivity index is 1.38. The van der Waals surface area contributed by atoms with Crippen LogP contribution in [0.1, 0.15) is 61.9 Å². The number of fused-ring (bicyclic) bond motifs is 1. The number of benzene rings is 1. The van der Waals surface area contributed by atoms with Crippen molar-refractivity contribution in [3.8, 4) is 5.75 Å². The third-order valence-electron chi connectivity index (χ3n) is 8.63. The van der Waals surface area contributed by atoms with Gasteiger partial charge in [0.15, 0.2) is 0 Å². The predicted molar refractivity (Wildman–Crippen MR) is 141 cm³/mol. The zero-order valence-electron chi connectivity index (χ0n) is 21.8. The molecule has 2 aromatic rings. The lowest BCUT2D eigenvalue weighted by Crippen LogP contribution is -2.53. The van der Waals surface area contributed by atoms with Crippen LogP contribution < -0.4 is 21.1 Å². The minimum atomic E-state index is -0.973. The highest BCUT2D eigenvalue weighted by Gasteiger charge is 2.44. The number of methoxy groups -OCH3 is 1. The number of amides is 4. The molecule has 38 heavy (non-hydrogen) atoms. The number of nitrogens with zero attached hydrogens (tertiary/aromatic N) is 1. The van der Waals surface area contributed by atoms with Gasteiger partial charge in [-0.2, -0.15) is 0 Å². The minimum Gasteiger partial charge on any atom is -0.496 e. The topological polar surface area (TPSA) is 147 Å². The summed E-state index contributed by atoms with van der Waals surface area (Å²) in [6.07, 6.45) is 7.06. The maximum absolute atomic E-state index is 13.8. The zero-order valence-corrected chi connectivity index (χ0v) is 21.8. The molecule has 3 fully saturated rings. The molecule has 5 N–H and O–H groups in total. The van der Waals surface area contributed by atoms with E-state index in [0.717, 1.165) is 23.7 Å². The van der Waals surface area contributed by atoms with Gasteiger partial charge in [-0.05, 0) is 49.3 Å². The van der Waals surface area contributed by atoms with Crippen LogP contribution in [0.5, 0.6) is 5.75 Å². The van der Waals surface area contributed by atoms with Crippen LogP contribution in [0.15, 0.2) is 24.3 Å². The summed E-state index contributed by atoms with van der Waals surface area (Å²) in [5, 5.41) is 6.34. The molecule has 10 nitrogen and oxygen atoms in total. The molecule has 5 rings (SSSR count). The SMILES string of the molecule is COc1cccc2[nH]c(C(=O)N3C[C@H](C4CCCCC4)C[C@H]3C(=O)NC(C[C@@H]3CCNC3=O)C(N)=O)cc12. The average molecular weight is 524 g/mol. The van der Waals surface area contributed by atoms with Gasteiger partial charge in [0, 0.05) is 29.9 Å². The maximum Gasteiger partial charge on any atom is 0.270 e. The number of likely N-dealkylation sites (tertiary alicyclic amines) is 1. The number of ether oxygens (including phenoxy) is 1. The molecule has 2 aliphatic heterocycles.